The number of ether oxygens (including phenoxy) is 1. The van der Waals surface area contributed by atoms with E-state index in [1.165, 1.54) is 0 Å². The van der Waals surface area contributed by atoms with Crippen LogP contribution in [0.1, 0.15) is 6.92 Å². The van der Waals surface area contributed by atoms with Crippen LogP contribution in [0.2, 0.25) is 0 Å². The summed E-state index contributed by atoms with van der Waals surface area (Å²) in [7, 11) is 0. The average molecular weight is 221 g/mol. The van der Waals surface area contributed by atoms with Crippen molar-refractivity contribution < 1.29 is 9.53 Å². The Morgan fingerprint density at radius 1 is 1.67 bits per heavy atom. The lowest BCUT2D eigenvalue weighted by Crippen LogP contribution is -2.08. The molecule has 2 aliphatic heterocycles. The number of rotatable bonds is 2. The number of fused-ring (bicyclic) bond motifs is 1. The Morgan fingerprint density at radius 2 is 2.53 bits per heavy atom. The van der Waals surface area contributed by atoms with Gasteiger partial charge < -0.3 is 4.74 Å². The Balaban J connectivity index is 2.32. The molecule has 0 aliphatic carbocycles. The number of aliphatic imine (C=N–C) groups is 1. The molecule has 78 valence electrons. The monoisotopic (exact) mass is 221 g/mol. The van der Waals surface area contributed by atoms with E-state index >= 15 is 0 Å². The summed E-state index contributed by atoms with van der Waals surface area (Å²) in [5, 5.41) is 0. The zero-order valence-electron chi connectivity index (χ0n) is 8.40. The highest BCUT2D eigenvalue weighted by Gasteiger charge is 2.25. The molecule has 0 N–H and O–H groups in total. The molecule has 2 rings (SSSR count). The molecule has 4 heteroatoms. The molecule has 0 aromatic heterocycles. The van der Waals surface area contributed by atoms with Crippen LogP contribution in [0.25, 0.3) is 0 Å². The maximum Gasteiger partial charge on any atom is 0.335 e. The van der Waals surface area contributed by atoms with Crippen molar-refractivity contribution in [3.63, 3.8) is 0 Å². The van der Waals surface area contributed by atoms with Gasteiger partial charge in [-0.3, -0.25) is 4.99 Å². The van der Waals surface area contributed by atoms with Crippen LogP contribution >= 0.6 is 11.8 Å². The Labute approximate surface area is 92.6 Å². The second-order valence-corrected chi connectivity index (χ2v) is 4.07. The van der Waals surface area contributed by atoms with E-state index in [0.29, 0.717) is 12.4 Å². The lowest BCUT2D eigenvalue weighted by molar-refractivity contribution is -0.138. The predicted octanol–water partition coefficient (Wildman–Crippen LogP) is 2.07. The minimum absolute atomic E-state index is 0.213. The average Bonchev–Trinajstić information content (AvgIpc) is 2.48. The number of hydrogen-bond donors (Lipinski definition) is 0. The smallest absolute Gasteiger partial charge is 0.335 e. The van der Waals surface area contributed by atoms with Gasteiger partial charge in [0.15, 0.2) is 0 Å². The first kappa shape index (κ1) is 10.2. The maximum atomic E-state index is 11.6. The van der Waals surface area contributed by atoms with E-state index < -0.39 is 0 Å². The molecule has 2 aliphatic rings. The molecule has 0 bridgehead atoms. The number of carbonyl (C=O) groups is 1. The minimum Gasteiger partial charge on any atom is -0.463 e. The summed E-state index contributed by atoms with van der Waals surface area (Å²) in [5.41, 5.74) is 1.70. The van der Waals surface area contributed by atoms with Crippen molar-refractivity contribution in [2.45, 2.75) is 6.92 Å². The standard InChI is InChI=1S/C11H11NO2S/c1-2-14-11(13)9-7-15-10-6-12-5-3-4-8(9)10/h3-6H,2,7H2,1H3. The van der Waals surface area contributed by atoms with Crippen molar-refractivity contribution in [1.82, 2.24) is 0 Å². The lowest BCUT2D eigenvalue weighted by Gasteiger charge is -2.02. The van der Waals surface area contributed by atoms with Gasteiger partial charge >= 0.3 is 5.97 Å². The van der Waals surface area contributed by atoms with Crippen molar-refractivity contribution in [3.05, 3.63) is 34.4 Å². The van der Waals surface area contributed by atoms with E-state index in [0.717, 1.165) is 16.1 Å². The van der Waals surface area contributed by atoms with Crippen LogP contribution in [0, 0.1) is 0 Å². The fraction of sp³-hybridized carbons (Fsp3) is 0.273. The van der Waals surface area contributed by atoms with Gasteiger partial charge in [-0.25, -0.2) is 4.79 Å². The van der Waals surface area contributed by atoms with Gasteiger partial charge in [0.25, 0.3) is 0 Å². The van der Waals surface area contributed by atoms with Crippen molar-refractivity contribution in [2.75, 3.05) is 12.4 Å². The number of hydrogen-bond acceptors (Lipinski definition) is 4. The first-order valence-electron chi connectivity index (χ1n) is 4.76. The topological polar surface area (TPSA) is 38.7 Å². The van der Waals surface area contributed by atoms with Gasteiger partial charge in [0.2, 0.25) is 0 Å². The van der Waals surface area contributed by atoms with Crippen molar-refractivity contribution in [2.24, 2.45) is 4.99 Å². The van der Waals surface area contributed by atoms with Crippen molar-refractivity contribution in [3.8, 4) is 0 Å². The summed E-state index contributed by atoms with van der Waals surface area (Å²) in [5.74, 6) is 0.467. The Kier molecular flexibility index (Phi) is 3.06. The largest absolute Gasteiger partial charge is 0.463 e. The number of nitrogens with zero attached hydrogens (tertiary/aromatic N) is 1. The fourth-order valence-electron chi connectivity index (χ4n) is 1.43. The molecule has 0 aromatic carbocycles. The summed E-state index contributed by atoms with van der Waals surface area (Å²) in [6, 6.07) is 0. The highest BCUT2D eigenvalue weighted by Crippen LogP contribution is 2.37. The van der Waals surface area contributed by atoms with Crippen LogP contribution in [0.3, 0.4) is 0 Å². The second kappa shape index (κ2) is 4.49. The summed E-state index contributed by atoms with van der Waals surface area (Å²) in [4.78, 5) is 16.7. The van der Waals surface area contributed by atoms with Gasteiger partial charge in [-0.05, 0) is 13.0 Å². The maximum absolute atomic E-state index is 11.6. The van der Waals surface area contributed by atoms with Gasteiger partial charge in [0, 0.05) is 28.6 Å². The highest BCUT2D eigenvalue weighted by atomic mass is 32.2. The minimum atomic E-state index is -0.213. The third kappa shape index (κ3) is 2.04. The summed E-state index contributed by atoms with van der Waals surface area (Å²) in [6.07, 6.45) is 7.24. The van der Waals surface area contributed by atoms with Crippen molar-refractivity contribution in [1.29, 1.82) is 0 Å². The number of carbonyl (C=O) groups excluding carboxylic acids is 1. The SMILES string of the molecule is CCOC(=O)C1=C2C=CC=NC=C2SC1. The Hall–Kier alpha value is -1.29. The predicted molar refractivity (Wildman–Crippen MR) is 61.8 cm³/mol. The third-order valence-corrected chi connectivity index (χ3v) is 3.18. The zero-order valence-corrected chi connectivity index (χ0v) is 9.21. The van der Waals surface area contributed by atoms with Crippen LogP contribution in [0.4, 0.5) is 0 Å². The summed E-state index contributed by atoms with van der Waals surface area (Å²) < 4.78 is 5.00. The Morgan fingerprint density at radius 3 is 3.33 bits per heavy atom. The quantitative estimate of drug-likeness (QED) is 0.670. The molecule has 2 heterocycles. The first-order chi connectivity index (χ1) is 7.33. The van der Waals surface area contributed by atoms with Crippen molar-refractivity contribution >= 4 is 23.9 Å². The number of esters is 1. The normalized spacial score (nSPS) is 18.6. The molecule has 0 radical (unpaired) electrons. The molecular weight excluding hydrogens is 210 g/mol. The molecule has 0 atom stereocenters. The van der Waals surface area contributed by atoms with E-state index in [-0.39, 0.29) is 5.97 Å². The fourth-order valence-corrected chi connectivity index (χ4v) is 2.49. The van der Waals surface area contributed by atoms with Gasteiger partial charge in [-0.15, -0.1) is 11.8 Å². The van der Waals surface area contributed by atoms with Crippen LogP contribution in [0.5, 0.6) is 0 Å². The number of thioether (sulfide) groups is 1. The van der Waals surface area contributed by atoms with Crippen LogP contribution in [0.15, 0.2) is 39.4 Å². The summed E-state index contributed by atoms with van der Waals surface area (Å²) in [6.45, 7) is 2.23. The molecule has 0 saturated carbocycles. The van der Waals surface area contributed by atoms with Crippen LogP contribution in [-0.4, -0.2) is 24.5 Å². The molecule has 0 aromatic rings. The molecule has 0 saturated heterocycles. The van der Waals surface area contributed by atoms with Gasteiger partial charge in [-0.1, -0.05) is 6.08 Å². The van der Waals surface area contributed by atoms with Gasteiger partial charge in [0.1, 0.15) is 0 Å². The van der Waals surface area contributed by atoms with E-state index in [9.17, 15) is 4.79 Å². The highest BCUT2D eigenvalue weighted by molar-refractivity contribution is 8.03. The molecule has 0 spiro atoms. The lowest BCUT2D eigenvalue weighted by atomic mass is 10.1. The molecular formula is C11H11NO2S. The molecule has 15 heavy (non-hydrogen) atoms. The molecule has 0 fully saturated rings. The zero-order chi connectivity index (χ0) is 10.7. The van der Waals surface area contributed by atoms with Crippen LogP contribution < -0.4 is 0 Å². The van der Waals surface area contributed by atoms with E-state index in [4.69, 9.17) is 4.74 Å². The molecule has 0 amide bonds. The van der Waals surface area contributed by atoms with E-state index in [2.05, 4.69) is 4.99 Å². The molecule has 0 unspecified atom stereocenters. The van der Waals surface area contributed by atoms with Crippen LogP contribution in [-0.2, 0) is 9.53 Å². The van der Waals surface area contributed by atoms with E-state index in [1.54, 1.807) is 24.2 Å². The van der Waals surface area contributed by atoms with Gasteiger partial charge in [0.05, 0.1) is 12.2 Å². The summed E-state index contributed by atoms with van der Waals surface area (Å²) >= 11 is 1.62. The Bertz CT molecular complexity index is 405. The third-order valence-electron chi connectivity index (χ3n) is 2.11. The van der Waals surface area contributed by atoms with E-state index in [1.807, 2.05) is 19.1 Å². The molecule has 3 nitrogen and oxygen atoms in total. The second-order valence-electron chi connectivity index (χ2n) is 3.05. The number of allylic oxidation sites excluding steroid dienone is 3. The van der Waals surface area contributed by atoms with Gasteiger partial charge in [-0.2, -0.15) is 0 Å². The first-order valence-corrected chi connectivity index (χ1v) is 5.75.